The number of para-hydroxylation sites is 1. The van der Waals surface area contributed by atoms with Gasteiger partial charge in [0.15, 0.2) is 0 Å². The molecule has 0 amide bonds. The molecule has 0 aliphatic heterocycles. The van der Waals surface area contributed by atoms with E-state index < -0.39 is 18.0 Å². The normalized spacial score (nSPS) is 11.8. The van der Waals surface area contributed by atoms with E-state index in [2.05, 4.69) is 9.84 Å². The summed E-state index contributed by atoms with van der Waals surface area (Å²) in [6, 6.07) is 10.1. The van der Waals surface area contributed by atoms with Gasteiger partial charge in [0.25, 0.3) is 5.91 Å². The molecule has 0 bridgehead atoms. The quantitative estimate of drug-likeness (QED) is 0.708. The van der Waals surface area contributed by atoms with Crippen molar-refractivity contribution in [3.8, 4) is 5.75 Å². The lowest BCUT2D eigenvalue weighted by atomic mass is 10.2. The second kappa shape index (κ2) is 6.68. The summed E-state index contributed by atoms with van der Waals surface area (Å²) in [5, 5.41) is 4.03. The number of furan rings is 1. The Morgan fingerprint density at radius 1 is 1.12 bits per heavy atom. The van der Waals surface area contributed by atoms with Crippen LogP contribution in [0.4, 0.5) is 13.2 Å². The van der Waals surface area contributed by atoms with Crippen molar-refractivity contribution in [3.63, 3.8) is 0 Å². The molecule has 0 unspecified atom stereocenters. The maximum atomic E-state index is 12.5. The van der Waals surface area contributed by atoms with E-state index >= 15 is 0 Å². The molecule has 2 aromatic heterocycles. The number of carbonyl (C=O) groups excluding carboxylic acids is 1. The average Bonchev–Trinajstić information content (AvgIpc) is 3.23. The average molecular weight is 348 g/mol. The van der Waals surface area contributed by atoms with Crippen molar-refractivity contribution in [2.75, 3.05) is 0 Å². The molecule has 0 saturated carbocycles. The summed E-state index contributed by atoms with van der Waals surface area (Å²) in [4.78, 5) is 12.4. The van der Waals surface area contributed by atoms with Gasteiger partial charge in [0.1, 0.15) is 11.5 Å². The molecule has 0 N–H and O–H groups in total. The summed E-state index contributed by atoms with van der Waals surface area (Å²) in [5.74, 6) is -0.717. The van der Waals surface area contributed by atoms with E-state index in [4.69, 9.17) is 4.42 Å². The molecular formula is C17H11F3N2O3. The first-order chi connectivity index (χ1) is 11.9. The van der Waals surface area contributed by atoms with Gasteiger partial charge in [0.2, 0.25) is 0 Å². The van der Waals surface area contributed by atoms with Crippen molar-refractivity contribution < 1.29 is 27.1 Å². The highest BCUT2D eigenvalue weighted by Crippen LogP contribution is 2.26. The van der Waals surface area contributed by atoms with Gasteiger partial charge < -0.3 is 9.15 Å². The van der Waals surface area contributed by atoms with Gasteiger partial charge in [-0.2, -0.15) is 5.10 Å². The molecule has 25 heavy (non-hydrogen) atoms. The fraction of sp³-hybridized carbons (Fsp3) is 0.0588. The van der Waals surface area contributed by atoms with Crippen molar-refractivity contribution in [1.29, 1.82) is 0 Å². The monoisotopic (exact) mass is 348 g/mol. The molecule has 8 heteroatoms. The largest absolute Gasteiger partial charge is 0.573 e. The molecule has 3 aromatic rings. The lowest BCUT2D eigenvalue weighted by molar-refractivity contribution is -0.274. The smallest absolute Gasteiger partial charge is 0.465 e. The number of alkyl halides is 3. The van der Waals surface area contributed by atoms with Crippen molar-refractivity contribution in [2.45, 2.75) is 6.36 Å². The Morgan fingerprint density at radius 2 is 1.92 bits per heavy atom. The third-order valence-electron chi connectivity index (χ3n) is 3.12. The van der Waals surface area contributed by atoms with Gasteiger partial charge in [-0.3, -0.25) is 4.79 Å². The highest BCUT2D eigenvalue weighted by molar-refractivity contribution is 5.98. The summed E-state index contributed by atoms with van der Waals surface area (Å²) in [5.41, 5.74) is 0.198. The molecule has 128 valence electrons. The molecular weight excluding hydrogens is 337 g/mol. The van der Waals surface area contributed by atoms with E-state index in [-0.39, 0.29) is 5.56 Å². The number of hydrogen-bond acceptors (Lipinski definition) is 4. The second-order valence-electron chi connectivity index (χ2n) is 4.88. The van der Waals surface area contributed by atoms with Crippen LogP contribution >= 0.6 is 0 Å². The number of benzene rings is 1. The fourth-order valence-electron chi connectivity index (χ4n) is 2.07. The maximum Gasteiger partial charge on any atom is 0.573 e. The first-order valence-electron chi connectivity index (χ1n) is 7.09. The lowest BCUT2D eigenvalue weighted by Gasteiger charge is -2.12. The zero-order valence-corrected chi connectivity index (χ0v) is 12.6. The second-order valence-corrected chi connectivity index (χ2v) is 4.88. The first kappa shape index (κ1) is 16.6. The predicted octanol–water partition coefficient (Wildman–Crippen LogP) is 4.23. The van der Waals surface area contributed by atoms with E-state index in [9.17, 15) is 18.0 Å². The summed E-state index contributed by atoms with van der Waals surface area (Å²) >= 11 is 0. The van der Waals surface area contributed by atoms with Crippen LogP contribution in [0.2, 0.25) is 0 Å². The minimum absolute atomic E-state index is 0.246. The number of rotatable bonds is 4. The van der Waals surface area contributed by atoms with Gasteiger partial charge in [-0.1, -0.05) is 12.1 Å². The van der Waals surface area contributed by atoms with E-state index in [1.165, 1.54) is 30.7 Å². The standard InChI is InChI=1S/C17H11F3N2O3/c18-17(19,20)25-15-6-2-1-5-14(15)16(23)22-10-9-12(21-22)7-8-13-4-3-11-24-13/h1-11H. The molecule has 0 spiro atoms. The van der Waals surface area contributed by atoms with Crippen LogP contribution in [-0.4, -0.2) is 22.1 Å². The Bertz CT molecular complexity index is 896. The van der Waals surface area contributed by atoms with Crippen LogP contribution in [0, 0.1) is 0 Å². The summed E-state index contributed by atoms with van der Waals surface area (Å²) in [6.45, 7) is 0. The number of ether oxygens (including phenoxy) is 1. The highest BCUT2D eigenvalue weighted by Gasteiger charge is 2.33. The number of hydrogen-bond donors (Lipinski definition) is 0. The van der Waals surface area contributed by atoms with Gasteiger partial charge in [-0.15, -0.1) is 13.2 Å². The number of carbonyl (C=O) groups is 1. The molecule has 0 aliphatic carbocycles. The number of aromatic nitrogens is 2. The van der Waals surface area contributed by atoms with Crippen LogP contribution in [0.15, 0.2) is 59.3 Å². The summed E-state index contributed by atoms with van der Waals surface area (Å²) in [7, 11) is 0. The van der Waals surface area contributed by atoms with E-state index in [0.717, 1.165) is 10.7 Å². The van der Waals surface area contributed by atoms with Crippen LogP contribution in [0.3, 0.4) is 0 Å². The van der Waals surface area contributed by atoms with Crippen LogP contribution in [0.1, 0.15) is 21.8 Å². The van der Waals surface area contributed by atoms with E-state index in [1.807, 2.05) is 0 Å². The Hall–Kier alpha value is -3.29. The third-order valence-corrected chi connectivity index (χ3v) is 3.12. The predicted molar refractivity (Wildman–Crippen MR) is 82.7 cm³/mol. The minimum atomic E-state index is -4.89. The minimum Gasteiger partial charge on any atom is -0.465 e. The van der Waals surface area contributed by atoms with Gasteiger partial charge in [-0.25, -0.2) is 4.68 Å². The summed E-state index contributed by atoms with van der Waals surface area (Å²) < 4.78 is 47.3. The lowest BCUT2D eigenvalue weighted by Crippen LogP contribution is -2.21. The molecule has 0 fully saturated rings. The molecule has 0 radical (unpaired) electrons. The van der Waals surface area contributed by atoms with Gasteiger partial charge in [-0.05, 0) is 42.5 Å². The molecule has 0 saturated heterocycles. The van der Waals surface area contributed by atoms with Gasteiger partial charge in [0, 0.05) is 6.20 Å². The maximum absolute atomic E-state index is 12.5. The van der Waals surface area contributed by atoms with Crippen LogP contribution in [0.5, 0.6) is 5.75 Å². The SMILES string of the molecule is O=C(c1ccccc1OC(F)(F)F)n1ccc(C=Cc2ccco2)n1. The zero-order valence-electron chi connectivity index (χ0n) is 12.6. The van der Waals surface area contributed by atoms with Gasteiger partial charge >= 0.3 is 6.36 Å². The van der Waals surface area contributed by atoms with E-state index in [0.29, 0.717) is 11.5 Å². The van der Waals surface area contributed by atoms with Crippen LogP contribution < -0.4 is 4.74 Å². The van der Waals surface area contributed by atoms with Crippen molar-refractivity contribution >= 4 is 18.1 Å². The Balaban J connectivity index is 1.82. The topological polar surface area (TPSA) is 57.3 Å². The van der Waals surface area contributed by atoms with Gasteiger partial charge in [0.05, 0.1) is 17.5 Å². The van der Waals surface area contributed by atoms with Crippen molar-refractivity contribution in [1.82, 2.24) is 9.78 Å². The van der Waals surface area contributed by atoms with Crippen LogP contribution in [0.25, 0.3) is 12.2 Å². The molecule has 0 atom stereocenters. The Labute approximate surface area is 139 Å². The Kier molecular flexibility index (Phi) is 4.42. The molecule has 5 nitrogen and oxygen atoms in total. The van der Waals surface area contributed by atoms with Crippen molar-refractivity contribution in [3.05, 3.63) is 71.9 Å². The highest BCUT2D eigenvalue weighted by atomic mass is 19.4. The number of halogens is 3. The fourth-order valence-corrected chi connectivity index (χ4v) is 2.07. The summed E-state index contributed by atoms with van der Waals surface area (Å²) in [6.07, 6.45) is 1.24. The first-order valence-corrected chi connectivity index (χ1v) is 7.09. The van der Waals surface area contributed by atoms with Crippen molar-refractivity contribution in [2.24, 2.45) is 0 Å². The van der Waals surface area contributed by atoms with E-state index in [1.54, 1.807) is 30.4 Å². The zero-order chi connectivity index (χ0) is 17.9. The molecule has 1 aromatic carbocycles. The molecule has 2 heterocycles. The Morgan fingerprint density at radius 3 is 2.64 bits per heavy atom. The third kappa shape index (κ3) is 4.17. The van der Waals surface area contributed by atoms with Crippen LogP contribution in [-0.2, 0) is 0 Å². The molecule has 3 rings (SSSR count). The number of nitrogens with zero attached hydrogens (tertiary/aromatic N) is 2. The molecule has 0 aliphatic rings.